The predicted molar refractivity (Wildman–Crippen MR) is 139 cm³/mol. The Kier molecular flexibility index (Phi) is 6.59. The minimum atomic E-state index is -0.987. The first kappa shape index (κ1) is 24.1. The molecule has 1 heterocycles. The zero-order valence-electron chi connectivity index (χ0n) is 20.3. The Bertz CT molecular complexity index is 1400. The number of amides is 2. The van der Waals surface area contributed by atoms with E-state index in [4.69, 9.17) is 9.84 Å². The molecule has 1 aromatic heterocycles. The molecule has 0 aliphatic heterocycles. The Morgan fingerprint density at radius 2 is 1.86 bits per heavy atom. The Morgan fingerprint density at radius 3 is 2.59 bits per heavy atom. The molecule has 0 bridgehead atoms. The van der Waals surface area contributed by atoms with Crippen LogP contribution in [0.2, 0.25) is 0 Å². The van der Waals surface area contributed by atoms with E-state index >= 15 is 0 Å². The molecule has 9 nitrogen and oxygen atoms in total. The van der Waals surface area contributed by atoms with Gasteiger partial charge in [0.2, 0.25) is 0 Å². The largest absolute Gasteiger partial charge is 0.465 e. The van der Waals surface area contributed by atoms with E-state index in [2.05, 4.69) is 20.9 Å². The molecule has 1 fully saturated rings. The molecule has 0 radical (unpaired) electrons. The number of nitrogens with one attached hydrogen (secondary N) is 2. The number of carbonyl (C=O) groups excluding carboxylic acids is 1. The second kappa shape index (κ2) is 10.1. The molecule has 3 N–H and O–H groups in total. The third kappa shape index (κ3) is 5.45. The molecule has 37 heavy (non-hydrogen) atoms. The number of carboxylic acid groups (broad SMARTS) is 1. The number of hydrogen-bond donors (Lipinski definition) is 3. The molecule has 2 atom stereocenters. The lowest BCUT2D eigenvalue weighted by Gasteiger charge is -2.15. The average Bonchev–Trinajstić information content (AvgIpc) is 3.39. The fourth-order valence-corrected chi connectivity index (χ4v) is 4.59. The van der Waals surface area contributed by atoms with Gasteiger partial charge >= 0.3 is 12.2 Å². The van der Waals surface area contributed by atoms with Crippen molar-refractivity contribution in [2.45, 2.75) is 37.8 Å². The van der Waals surface area contributed by atoms with Crippen LogP contribution in [-0.2, 0) is 11.3 Å². The van der Waals surface area contributed by atoms with E-state index in [0.717, 1.165) is 35.2 Å². The molecule has 1 aliphatic rings. The number of benzene rings is 3. The second-order valence-corrected chi connectivity index (χ2v) is 9.10. The van der Waals surface area contributed by atoms with Crippen molar-refractivity contribution in [3.63, 3.8) is 0 Å². The van der Waals surface area contributed by atoms with Gasteiger partial charge in [0.15, 0.2) is 0 Å². The summed E-state index contributed by atoms with van der Waals surface area (Å²) < 4.78 is 6.98. The zero-order chi connectivity index (χ0) is 25.8. The van der Waals surface area contributed by atoms with Crippen molar-refractivity contribution < 1.29 is 19.4 Å². The summed E-state index contributed by atoms with van der Waals surface area (Å²) in [7, 11) is 0. The van der Waals surface area contributed by atoms with Crippen LogP contribution in [-0.4, -0.2) is 37.8 Å². The quantitative estimate of drug-likeness (QED) is 0.292. The Morgan fingerprint density at radius 1 is 1.08 bits per heavy atom. The first-order valence-corrected chi connectivity index (χ1v) is 12.1. The van der Waals surface area contributed by atoms with Crippen LogP contribution < -0.4 is 10.6 Å². The van der Waals surface area contributed by atoms with E-state index < -0.39 is 12.2 Å². The molecule has 2 amide bonds. The van der Waals surface area contributed by atoms with Crippen molar-refractivity contribution in [2.24, 2.45) is 0 Å². The van der Waals surface area contributed by atoms with Gasteiger partial charge in [-0.3, -0.25) is 5.32 Å². The fraction of sp³-hybridized carbons (Fsp3) is 0.214. The molecule has 5 rings (SSSR count). The van der Waals surface area contributed by atoms with E-state index in [9.17, 15) is 9.59 Å². The number of nitrogens with zero attached hydrogens (tertiary/aromatic N) is 3. The van der Waals surface area contributed by atoms with Crippen molar-refractivity contribution in [2.75, 3.05) is 5.32 Å². The molecule has 0 spiro atoms. The topological polar surface area (TPSA) is 118 Å². The van der Waals surface area contributed by atoms with Crippen LogP contribution in [0.5, 0.6) is 0 Å². The van der Waals surface area contributed by atoms with Gasteiger partial charge in [-0.1, -0.05) is 66.7 Å². The highest BCUT2D eigenvalue weighted by Gasteiger charge is 2.54. The summed E-state index contributed by atoms with van der Waals surface area (Å²) in [4.78, 5) is 23.4. The summed E-state index contributed by atoms with van der Waals surface area (Å²) >= 11 is 0. The summed E-state index contributed by atoms with van der Waals surface area (Å²) in [5, 5.41) is 23.1. The smallest absolute Gasteiger partial charge is 0.411 e. The van der Waals surface area contributed by atoms with Gasteiger partial charge in [-0.25, -0.2) is 14.3 Å². The summed E-state index contributed by atoms with van der Waals surface area (Å²) in [6.45, 7) is 2.19. The highest BCUT2D eigenvalue weighted by molar-refractivity contribution is 5.85. The van der Waals surface area contributed by atoms with Crippen LogP contribution >= 0.6 is 0 Å². The lowest BCUT2D eigenvalue weighted by molar-refractivity contribution is 0.155. The maximum atomic E-state index is 12.2. The van der Waals surface area contributed by atoms with Crippen molar-refractivity contribution in [1.29, 1.82) is 0 Å². The van der Waals surface area contributed by atoms with Gasteiger partial charge in [0.1, 0.15) is 12.3 Å². The van der Waals surface area contributed by atoms with Crippen LogP contribution in [0.3, 0.4) is 0 Å². The molecule has 0 saturated heterocycles. The molecule has 3 aromatic carbocycles. The maximum Gasteiger partial charge on any atom is 0.411 e. The van der Waals surface area contributed by atoms with E-state index in [1.165, 1.54) is 0 Å². The molecule has 9 heteroatoms. The van der Waals surface area contributed by atoms with Crippen molar-refractivity contribution >= 4 is 17.9 Å². The minimum absolute atomic E-state index is 0.170. The Labute approximate surface area is 214 Å². The van der Waals surface area contributed by atoms with Crippen LogP contribution in [0.25, 0.3) is 16.9 Å². The van der Waals surface area contributed by atoms with Crippen LogP contribution in [0.1, 0.15) is 36.8 Å². The molecule has 1 saturated carbocycles. The molecular weight excluding hydrogens is 470 g/mol. The molecule has 2 unspecified atom stereocenters. The SMILES string of the molecule is CCC1(NC(=O)O)CC1c1ccc(-n2cc(-c3cccc(NC(=O)OCc4ccccc4)c3)nn2)cc1. The summed E-state index contributed by atoms with van der Waals surface area (Å²) in [5.41, 5.74) is 4.52. The zero-order valence-corrected chi connectivity index (χ0v) is 20.3. The van der Waals surface area contributed by atoms with Crippen LogP contribution in [0, 0.1) is 0 Å². The second-order valence-electron chi connectivity index (χ2n) is 9.10. The molecule has 1 aliphatic carbocycles. The normalized spacial score (nSPS) is 18.1. The lowest BCUT2D eigenvalue weighted by Crippen LogP contribution is -2.36. The molecule has 188 valence electrons. The van der Waals surface area contributed by atoms with Crippen molar-refractivity contribution in [1.82, 2.24) is 20.3 Å². The standard InChI is InChI=1S/C28H27N5O4/c1-2-28(30-26(34)35)16-24(28)20-11-13-23(14-12-20)33-17-25(31-32-33)21-9-6-10-22(15-21)29-27(36)37-18-19-7-4-3-5-8-19/h3-15,17,24,30H,2,16,18H2,1H3,(H,29,36)(H,34,35). The minimum Gasteiger partial charge on any atom is -0.465 e. The number of anilines is 1. The number of carbonyl (C=O) groups is 2. The van der Waals surface area contributed by atoms with Crippen LogP contribution in [0.15, 0.2) is 85.1 Å². The maximum absolute atomic E-state index is 12.2. The first-order chi connectivity index (χ1) is 18.0. The number of rotatable bonds is 8. The lowest BCUT2D eigenvalue weighted by atomic mass is 10.0. The van der Waals surface area contributed by atoms with Crippen molar-refractivity contribution in [3.05, 3.63) is 96.2 Å². The van der Waals surface area contributed by atoms with Gasteiger partial charge in [-0.2, -0.15) is 0 Å². The third-order valence-corrected chi connectivity index (χ3v) is 6.73. The van der Waals surface area contributed by atoms with E-state index in [0.29, 0.717) is 11.4 Å². The first-order valence-electron chi connectivity index (χ1n) is 12.1. The number of ether oxygens (including phenoxy) is 1. The van der Waals surface area contributed by atoms with Gasteiger partial charge in [0.05, 0.1) is 17.4 Å². The summed E-state index contributed by atoms with van der Waals surface area (Å²) in [6.07, 6.45) is 1.84. The Hall–Kier alpha value is -4.66. The number of hydrogen-bond acceptors (Lipinski definition) is 5. The highest BCUT2D eigenvalue weighted by Crippen LogP contribution is 2.53. The van der Waals surface area contributed by atoms with Crippen LogP contribution in [0.4, 0.5) is 15.3 Å². The average molecular weight is 498 g/mol. The Balaban J connectivity index is 1.23. The van der Waals surface area contributed by atoms with Gasteiger partial charge < -0.3 is 15.2 Å². The monoisotopic (exact) mass is 497 g/mol. The predicted octanol–water partition coefficient (Wildman–Crippen LogP) is 5.59. The van der Waals surface area contributed by atoms with E-state index in [1.807, 2.05) is 85.9 Å². The van der Waals surface area contributed by atoms with Gasteiger partial charge in [0, 0.05) is 17.2 Å². The molecule has 4 aromatic rings. The highest BCUT2D eigenvalue weighted by atomic mass is 16.5. The van der Waals surface area contributed by atoms with Gasteiger partial charge in [-0.05, 0) is 48.2 Å². The van der Waals surface area contributed by atoms with Gasteiger partial charge in [-0.15, -0.1) is 5.10 Å². The van der Waals surface area contributed by atoms with E-state index in [1.54, 1.807) is 10.7 Å². The van der Waals surface area contributed by atoms with Gasteiger partial charge in [0.25, 0.3) is 0 Å². The molecular formula is C28H27N5O4. The summed E-state index contributed by atoms with van der Waals surface area (Å²) in [6, 6.07) is 24.7. The van der Waals surface area contributed by atoms with Crippen molar-refractivity contribution in [3.8, 4) is 16.9 Å². The van der Waals surface area contributed by atoms with E-state index in [-0.39, 0.29) is 18.1 Å². The fourth-order valence-electron chi connectivity index (χ4n) is 4.59. The third-order valence-electron chi connectivity index (χ3n) is 6.73. The summed E-state index contributed by atoms with van der Waals surface area (Å²) in [5.74, 6) is 0.170. The number of aromatic nitrogens is 3.